The Labute approximate surface area is 267 Å². The Morgan fingerprint density at radius 1 is 1.15 bits per heavy atom. The van der Waals surface area contributed by atoms with Crippen molar-refractivity contribution in [1.82, 2.24) is 29.4 Å². The summed E-state index contributed by atoms with van der Waals surface area (Å²) in [6.07, 6.45) is 2.36. The topological polar surface area (TPSA) is 98.3 Å². The van der Waals surface area contributed by atoms with Gasteiger partial charge in [0.25, 0.3) is 0 Å². The van der Waals surface area contributed by atoms with Crippen molar-refractivity contribution < 1.29 is 23.4 Å². The summed E-state index contributed by atoms with van der Waals surface area (Å²) in [7, 11) is 1.86. The zero-order valence-corrected chi connectivity index (χ0v) is 26.2. The summed E-state index contributed by atoms with van der Waals surface area (Å²) in [5.74, 6) is -1.87. The Morgan fingerprint density at radius 2 is 1.98 bits per heavy atom. The lowest BCUT2D eigenvalue weighted by molar-refractivity contribution is -0.129. The van der Waals surface area contributed by atoms with Crippen molar-refractivity contribution in [3.05, 3.63) is 84.0 Å². The predicted molar refractivity (Wildman–Crippen MR) is 173 cm³/mol. The van der Waals surface area contributed by atoms with Crippen LogP contribution >= 0.6 is 11.3 Å². The summed E-state index contributed by atoms with van der Waals surface area (Å²) in [5.41, 5.74) is 4.39. The van der Waals surface area contributed by atoms with Gasteiger partial charge >= 0.3 is 0 Å². The summed E-state index contributed by atoms with van der Waals surface area (Å²) in [4.78, 5) is 19.5. The maximum Gasteiger partial charge on any atom is 0.246 e. The third-order valence-corrected chi connectivity index (χ3v) is 9.14. The molecule has 0 unspecified atom stereocenters. The van der Waals surface area contributed by atoms with E-state index in [0.29, 0.717) is 40.4 Å². The van der Waals surface area contributed by atoms with Gasteiger partial charge in [0.15, 0.2) is 0 Å². The van der Waals surface area contributed by atoms with Gasteiger partial charge < -0.3 is 14.7 Å². The van der Waals surface area contributed by atoms with E-state index >= 15 is 4.39 Å². The van der Waals surface area contributed by atoms with Crippen molar-refractivity contribution in [2.45, 2.75) is 32.5 Å². The Balaban J connectivity index is 1.51. The third-order valence-electron chi connectivity index (χ3n) is 8.21. The quantitative estimate of drug-likeness (QED) is 0.200. The molecule has 0 aliphatic carbocycles. The van der Waals surface area contributed by atoms with Crippen LogP contribution in [0.25, 0.3) is 54.8 Å². The van der Waals surface area contributed by atoms with Crippen LogP contribution in [-0.4, -0.2) is 59.7 Å². The second kappa shape index (κ2) is 11.5. The molecule has 5 heterocycles. The van der Waals surface area contributed by atoms with Gasteiger partial charge in [-0.05, 0) is 49.6 Å². The molecule has 1 amide bonds. The van der Waals surface area contributed by atoms with Gasteiger partial charge in [-0.25, -0.2) is 13.8 Å². The monoisotopic (exact) mass is 640 g/mol. The highest BCUT2D eigenvalue weighted by molar-refractivity contribution is 7.18. The lowest BCUT2D eigenvalue weighted by atomic mass is 9.96. The zero-order valence-electron chi connectivity index (χ0n) is 25.4. The van der Waals surface area contributed by atoms with E-state index in [4.69, 9.17) is 14.8 Å². The molecule has 7 rings (SSSR count). The van der Waals surface area contributed by atoms with Gasteiger partial charge in [0, 0.05) is 58.5 Å². The van der Waals surface area contributed by atoms with Crippen molar-refractivity contribution in [3.8, 4) is 39.5 Å². The molecule has 2 aromatic carbocycles. The van der Waals surface area contributed by atoms with Crippen molar-refractivity contribution in [2.24, 2.45) is 7.05 Å². The van der Waals surface area contributed by atoms with Crippen LogP contribution in [0.1, 0.15) is 25.6 Å². The molecule has 12 heteroatoms. The van der Waals surface area contributed by atoms with E-state index in [0.717, 1.165) is 39.7 Å². The first kappa shape index (κ1) is 29.8. The third kappa shape index (κ3) is 5.03. The Hall–Kier alpha value is -4.94. The molecule has 0 saturated heterocycles. The maximum atomic E-state index is 16.0. The number of rotatable bonds is 7. The molecule has 1 aliphatic rings. The van der Waals surface area contributed by atoms with E-state index in [-0.39, 0.29) is 29.9 Å². The fraction of sp³-hybridized carbons (Fsp3) is 0.235. The first-order valence-electron chi connectivity index (χ1n) is 14.8. The Bertz CT molecular complexity index is 2170. The van der Waals surface area contributed by atoms with Gasteiger partial charge in [-0.1, -0.05) is 12.6 Å². The molecular weight excluding hydrogens is 610 g/mol. The number of carbonyl (C=O) groups is 1. The summed E-state index contributed by atoms with van der Waals surface area (Å²) in [6.45, 7) is 7.83. The van der Waals surface area contributed by atoms with Crippen LogP contribution < -0.4 is 4.74 Å². The molecule has 9 nitrogen and oxygen atoms in total. The van der Waals surface area contributed by atoms with Crippen LogP contribution in [0, 0.1) is 11.6 Å². The summed E-state index contributed by atoms with van der Waals surface area (Å²) >= 11 is 1.40. The molecule has 0 bridgehead atoms. The number of fused-ring (bicyclic) bond motifs is 3. The number of aromatic nitrogens is 5. The van der Waals surface area contributed by atoms with Crippen molar-refractivity contribution in [3.63, 3.8) is 0 Å². The van der Waals surface area contributed by atoms with Gasteiger partial charge in [0.05, 0.1) is 41.2 Å². The minimum absolute atomic E-state index is 0.0220. The van der Waals surface area contributed by atoms with Crippen LogP contribution in [0.5, 0.6) is 5.75 Å². The number of pyridine rings is 1. The molecule has 0 fully saturated rings. The van der Waals surface area contributed by atoms with Gasteiger partial charge in [-0.15, -0.1) is 11.3 Å². The van der Waals surface area contributed by atoms with E-state index in [1.165, 1.54) is 24.3 Å². The van der Waals surface area contributed by atoms with Crippen molar-refractivity contribution >= 4 is 38.2 Å². The minimum Gasteiger partial charge on any atom is -0.490 e. The van der Waals surface area contributed by atoms with E-state index < -0.39 is 17.7 Å². The number of aliphatic hydroxyl groups excluding tert-OH is 1. The highest BCUT2D eigenvalue weighted by Crippen LogP contribution is 2.47. The Morgan fingerprint density at radius 3 is 2.76 bits per heavy atom. The second-order valence-electron chi connectivity index (χ2n) is 11.4. The number of halogens is 2. The highest BCUT2D eigenvalue weighted by Gasteiger charge is 2.31. The predicted octanol–water partition coefficient (Wildman–Crippen LogP) is 6.51. The van der Waals surface area contributed by atoms with E-state index in [9.17, 15) is 14.3 Å². The first-order valence-corrected chi connectivity index (χ1v) is 15.7. The molecule has 0 radical (unpaired) electrons. The van der Waals surface area contributed by atoms with Gasteiger partial charge in [-0.2, -0.15) is 10.2 Å². The van der Waals surface area contributed by atoms with Crippen molar-refractivity contribution in [2.75, 3.05) is 13.2 Å². The molecule has 0 spiro atoms. The first-order chi connectivity index (χ1) is 22.1. The molecule has 1 N–H and O–H groups in total. The van der Waals surface area contributed by atoms with E-state index in [1.807, 2.05) is 60.6 Å². The number of hydrogen-bond acceptors (Lipinski definition) is 7. The maximum absolute atomic E-state index is 16.0. The lowest BCUT2D eigenvalue weighted by Gasteiger charge is -2.33. The zero-order chi connectivity index (χ0) is 32.3. The van der Waals surface area contributed by atoms with Gasteiger partial charge in [-0.3, -0.25) is 14.2 Å². The number of hydrogen-bond donors (Lipinski definition) is 1. The summed E-state index contributed by atoms with van der Waals surface area (Å²) in [5, 5.41) is 23.0. The minimum atomic E-state index is -0.870. The lowest BCUT2D eigenvalue weighted by Crippen LogP contribution is -2.40. The van der Waals surface area contributed by atoms with Crippen LogP contribution in [0.4, 0.5) is 8.78 Å². The average molecular weight is 641 g/mol. The molecule has 234 valence electrons. The standard InChI is InChI=1S/C34H30F2N6O3S/c1-5-29(44)41-9-10-42-27(19(41)3)15-26(39-42)33-31(30-24(36)13-22(35)14-28(30)45-17-18(2)43)34-23(8-11-46-34)32(37-33)20-6-7-25-21(12-20)16-40(4)38-25/h5-8,11-16,18-19,43H,1,9-10,17H2,2-4H3/t18-,19-/m1/s1. The van der Waals surface area contributed by atoms with Gasteiger partial charge in [0.1, 0.15) is 35.4 Å². The number of aryl methyl sites for hydroxylation is 1. The number of aliphatic hydroxyl groups is 1. The molecule has 2 atom stereocenters. The Kier molecular flexibility index (Phi) is 7.41. The molecule has 1 aliphatic heterocycles. The summed E-state index contributed by atoms with van der Waals surface area (Å²) in [6, 6.07) is 11.3. The molecule has 0 saturated carbocycles. The molecule has 4 aromatic heterocycles. The molecule has 46 heavy (non-hydrogen) atoms. The number of nitrogens with zero attached hydrogens (tertiary/aromatic N) is 6. The van der Waals surface area contributed by atoms with E-state index in [2.05, 4.69) is 11.7 Å². The molecular formula is C34H30F2N6O3S. The SMILES string of the molecule is C=CC(=O)N1CCn2nc(-c3nc(-c4ccc5nn(C)cc5c4)c4ccsc4c3-c3c(F)cc(F)cc3OC[C@@H](C)O)cc2[C@H]1C. The largest absolute Gasteiger partial charge is 0.490 e. The summed E-state index contributed by atoms with van der Waals surface area (Å²) < 4.78 is 40.7. The van der Waals surface area contributed by atoms with Crippen LogP contribution in [0.3, 0.4) is 0 Å². The fourth-order valence-corrected chi connectivity index (χ4v) is 7.06. The highest BCUT2D eigenvalue weighted by atomic mass is 32.1. The molecule has 6 aromatic rings. The average Bonchev–Trinajstić information content (AvgIpc) is 3.77. The van der Waals surface area contributed by atoms with Crippen LogP contribution in [0.2, 0.25) is 0 Å². The second-order valence-corrected chi connectivity index (χ2v) is 12.3. The number of amides is 1. The number of benzene rings is 2. The number of thiophene rings is 1. The van der Waals surface area contributed by atoms with Crippen molar-refractivity contribution in [1.29, 1.82) is 0 Å². The van der Waals surface area contributed by atoms with Crippen LogP contribution in [-0.2, 0) is 18.4 Å². The normalized spacial score (nSPS) is 15.3. The van der Waals surface area contributed by atoms with Crippen LogP contribution in [0.15, 0.2) is 66.7 Å². The fourth-order valence-electron chi connectivity index (χ4n) is 6.11. The number of carbonyl (C=O) groups excluding carboxylic acids is 1. The van der Waals surface area contributed by atoms with Gasteiger partial charge in [0.2, 0.25) is 5.91 Å². The number of ether oxygens (including phenoxy) is 1. The van der Waals surface area contributed by atoms with E-state index in [1.54, 1.807) is 9.58 Å². The smallest absolute Gasteiger partial charge is 0.246 e.